The highest BCUT2D eigenvalue weighted by molar-refractivity contribution is 6.35. The molecule has 1 aromatic carbocycles. The summed E-state index contributed by atoms with van der Waals surface area (Å²) >= 11 is 6.13. The maximum atomic E-state index is 12.9. The van der Waals surface area contributed by atoms with E-state index in [1.54, 1.807) is 25.1 Å². The minimum absolute atomic E-state index is 0.0635. The van der Waals surface area contributed by atoms with Gasteiger partial charge in [0.05, 0.1) is 28.5 Å². The summed E-state index contributed by atoms with van der Waals surface area (Å²) in [4.78, 5) is 32.2. The Morgan fingerprint density at radius 2 is 2.29 bits per heavy atom. The predicted molar refractivity (Wildman–Crippen MR) is 86.1 cm³/mol. The van der Waals surface area contributed by atoms with Crippen LogP contribution in [-0.2, 0) is 6.54 Å². The Hall–Kier alpha value is -2.94. The van der Waals surface area contributed by atoms with Crippen molar-refractivity contribution in [3.8, 4) is 0 Å². The van der Waals surface area contributed by atoms with Crippen molar-refractivity contribution in [2.24, 2.45) is 0 Å². The summed E-state index contributed by atoms with van der Waals surface area (Å²) in [5, 5.41) is 18.2. The van der Waals surface area contributed by atoms with Gasteiger partial charge in [-0.1, -0.05) is 17.7 Å². The van der Waals surface area contributed by atoms with Gasteiger partial charge in [-0.25, -0.2) is 14.8 Å². The fourth-order valence-electron chi connectivity index (χ4n) is 2.43. The molecule has 0 saturated carbocycles. The molecule has 0 saturated heterocycles. The van der Waals surface area contributed by atoms with Gasteiger partial charge in [-0.15, -0.1) is 0 Å². The monoisotopic (exact) mass is 348 g/mol. The number of aromatic amines is 1. The number of rotatable bonds is 4. The minimum atomic E-state index is -1.21. The Morgan fingerprint density at radius 3 is 2.96 bits per heavy atom. The molecule has 0 spiro atoms. The van der Waals surface area contributed by atoms with Crippen LogP contribution in [0.15, 0.2) is 29.3 Å². The largest absolute Gasteiger partial charge is 0.465 e. The fourth-order valence-corrected chi connectivity index (χ4v) is 2.68. The Labute approximate surface area is 140 Å². The van der Waals surface area contributed by atoms with E-state index in [-0.39, 0.29) is 28.3 Å². The number of carbonyl (C=O) groups is 1. The van der Waals surface area contributed by atoms with Crippen LogP contribution in [0.2, 0.25) is 5.02 Å². The number of hydrogen-bond donors (Lipinski definition) is 3. The van der Waals surface area contributed by atoms with E-state index in [4.69, 9.17) is 16.7 Å². The van der Waals surface area contributed by atoms with E-state index in [0.717, 1.165) is 0 Å². The van der Waals surface area contributed by atoms with Gasteiger partial charge in [0.2, 0.25) is 0 Å². The zero-order valence-electron chi connectivity index (χ0n) is 12.5. The number of halogens is 1. The highest BCUT2D eigenvalue weighted by Gasteiger charge is 2.20. The van der Waals surface area contributed by atoms with Crippen LogP contribution in [-0.4, -0.2) is 35.9 Å². The van der Waals surface area contributed by atoms with Crippen LogP contribution < -0.4 is 10.9 Å². The number of aromatic nitrogens is 5. The molecule has 0 bridgehead atoms. The number of nitrogens with one attached hydrogen (secondary N) is 2. The molecule has 0 aliphatic heterocycles. The average molecular weight is 349 g/mol. The molecular weight excluding hydrogens is 336 g/mol. The molecule has 3 rings (SSSR count). The molecule has 3 N–H and O–H groups in total. The Balaban J connectivity index is 2.23. The normalized spacial score (nSPS) is 12.2. The van der Waals surface area contributed by atoms with Crippen molar-refractivity contribution in [3.05, 3.63) is 51.6 Å². The third-order valence-electron chi connectivity index (χ3n) is 3.46. The molecule has 0 aliphatic carbocycles. The zero-order valence-corrected chi connectivity index (χ0v) is 13.3. The standard InChI is InChI=1S/C14H13ClN6O3/c1-7(18-14(23)24)12-19-9-4-2-3-8(15)11(9)13(22)21(12)5-10-16-6-17-20-10/h2-4,6-7,18H,5H2,1H3,(H,23,24)(H,16,17,20). The van der Waals surface area contributed by atoms with Crippen molar-refractivity contribution >= 4 is 28.6 Å². The summed E-state index contributed by atoms with van der Waals surface area (Å²) in [5.74, 6) is 0.697. The molecule has 2 heterocycles. The second kappa shape index (κ2) is 6.28. The number of H-pyrrole nitrogens is 1. The van der Waals surface area contributed by atoms with Crippen LogP contribution in [0.3, 0.4) is 0 Å². The van der Waals surface area contributed by atoms with Crippen molar-refractivity contribution < 1.29 is 9.90 Å². The number of benzene rings is 1. The fraction of sp³-hybridized carbons (Fsp3) is 0.214. The molecule has 2 aromatic heterocycles. The van der Waals surface area contributed by atoms with E-state index in [9.17, 15) is 9.59 Å². The lowest BCUT2D eigenvalue weighted by atomic mass is 10.2. The average Bonchev–Trinajstić information content (AvgIpc) is 3.02. The van der Waals surface area contributed by atoms with Gasteiger partial charge in [-0.3, -0.25) is 14.5 Å². The highest BCUT2D eigenvalue weighted by atomic mass is 35.5. The van der Waals surface area contributed by atoms with Crippen LogP contribution in [0.5, 0.6) is 0 Å². The molecule has 24 heavy (non-hydrogen) atoms. The summed E-state index contributed by atoms with van der Waals surface area (Å²) in [6.07, 6.45) is 0.106. The second-order valence-corrected chi connectivity index (χ2v) is 5.51. The molecule has 124 valence electrons. The summed E-state index contributed by atoms with van der Waals surface area (Å²) in [5.41, 5.74) is 0.0198. The van der Waals surface area contributed by atoms with E-state index < -0.39 is 12.1 Å². The smallest absolute Gasteiger partial charge is 0.405 e. The first-order valence-electron chi connectivity index (χ1n) is 7.00. The quantitative estimate of drug-likeness (QED) is 0.656. The van der Waals surface area contributed by atoms with E-state index in [2.05, 4.69) is 25.5 Å². The molecule has 3 aromatic rings. The van der Waals surface area contributed by atoms with Crippen LogP contribution >= 0.6 is 11.6 Å². The number of hydrogen-bond acceptors (Lipinski definition) is 5. The van der Waals surface area contributed by atoms with Gasteiger partial charge >= 0.3 is 6.09 Å². The summed E-state index contributed by atoms with van der Waals surface area (Å²) in [6, 6.07) is 4.22. The van der Waals surface area contributed by atoms with Gasteiger partial charge in [0.25, 0.3) is 5.56 Å². The van der Waals surface area contributed by atoms with E-state index in [0.29, 0.717) is 11.3 Å². The lowest BCUT2D eigenvalue weighted by Crippen LogP contribution is -2.33. The number of carboxylic acid groups (broad SMARTS) is 1. The Bertz CT molecular complexity index is 953. The van der Waals surface area contributed by atoms with Crippen LogP contribution in [0.1, 0.15) is 24.6 Å². The Morgan fingerprint density at radius 1 is 1.50 bits per heavy atom. The zero-order chi connectivity index (χ0) is 17.3. The summed E-state index contributed by atoms with van der Waals surface area (Å²) < 4.78 is 1.33. The summed E-state index contributed by atoms with van der Waals surface area (Å²) in [6.45, 7) is 1.66. The first-order chi connectivity index (χ1) is 11.5. The van der Waals surface area contributed by atoms with Gasteiger partial charge in [0.15, 0.2) is 0 Å². The number of fused-ring (bicyclic) bond motifs is 1. The second-order valence-electron chi connectivity index (χ2n) is 5.10. The molecule has 9 nitrogen and oxygen atoms in total. The lowest BCUT2D eigenvalue weighted by molar-refractivity contribution is 0.190. The van der Waals surface area contributed by atoms with Crippen molar-refractivity contribution in [2.75, 3.05) is 0 Å². The third kappa shape index (κ3) is 2.93. The van der Waals surface area contributed by atoms with Crippen LogP contribution in [0.25, 0.3) is 10.9 Å². The van der Waals surface area contributed by atoms with Crippen molar-refractivity contribution in [1.29, 1.82) is 0 Å². The van der Waals surface area contributed by atoms with Crippen molar-refractivity contribution in [2.45, 2.75) is 19.5 Å². The topological polar surface area (TPSA) is 126 Å². The van der Waals surface area contributed by atoms with Gasteiger partial charge in [0.1, 0.15) is 18.0 Å². The third-order valence-corrected chi connectivity index (χ3v) is 3.78. The van der Waals surface area contributed by atoms with Gasteiger partial charge in [-0.05, 0) is 19.1 Å². The molecule has 0 radical (unpaired) electrons. The lowest BCUT2D eigenvalue weighted by Gasteiger charge is -2.18. The highest BCUT2D eigenvalue weighted by Crippen LogP contribution is 2.21. The van der Waals surface area contributed by atoms with Crippen LogP contribution in [0.4, 0.5) is 4.79 Å². The first kappa shape index (κ1) is 15.9. The number of nitrogens with zero attached hydrogens (tertiary/aromatic N) is 4. The van der Waals surface area contributed by atoms with Gasteiger partial charge < -0.3 is 10.4 Å². The number of amides is 1. The van der Waals surface area contributed by atoms with Crippen molar-refractivity contribution in [1.82, 2.24) is 30.0 Å². The molecule has 1 atom stereocenters. The molecule has 1 unspecified atom stereocenters. The van der Waals surface area contributed by atoms with E-state index >= 15 is 0 Å². The maximum absolute atomic E-state index is 12.9. The Kier molecular flexibility index (Phi) is 4.17. The van der Waals surface area contributed by atoms with E-state index in [1.807, 2.05) is 0 Å². The maximum Gasteiger partial charge on any atom is 0.405 e. The molecule has 10 heteroatoms. The van der Waals surface area contributed by atoms with Crippen LogP contribution in [0, 0.1) is 0 Å². The SMILES string of the molecule is CC(NC(=O)O)c1nc2cccc(Cl)c2c(=O)n1Cc1ncn[nH]1. The van der Waals surface area contributed by atoms with E-state index in [1.165, 1.54) is 10.9 Å². The molecular formula is C14H13ClN6O3. The molecule has 1 amide bonds. The molecule has 0 aliphatic rings. The predicted octanol–water partition coefficient (Wildman–Crippen LogP) is 1.54. The minimum Gasteiger partial charge on any atom is -0.465 e. The molecule has 0 fully saturated rings. The summed E-state index contributed by atoms with van der Waals surface area (Å²) in [7, 11) is 0. The van der Waals surface area contributed by atoms with Gasteiger partial charge in [-0.2, -0.15) is 5.10 Å². The van der Waals surface area contributed by atoms with Gasteiger partial charge in [0, 0.05) is 0 Å². The van der Waals surface area contributed by atoms with Crippen molar-refractivity contribution in [3.63, 3.8) is 0 Å². The first-order valence-corrected chi connectivity index (χ1v) is 7.38.